The molecule has 2 atom stereocenters. The molecule has 2 aliphatic rings. The van der Waals surface area contributed by atoms with Crippen LogP contribution >= 0.6 is 0 Å². The normalized spacial score (nSPS) is 17.7. The van der Waals surface area contributed by atoms with Gasteiger partial charge in [0, 0.05) is 23.5 Å². The molecule has 0 amide bonds. The average Bonchev–Trinajstić information content (AvgIpc) is 2.92. The maximum atomic E-state index is 10.3. The van der Waals surface area contributed by atoms with Crippen molar-refractivity contribution < 1.29 is 14.9 Å². The number of hydrogen-bond donors (Lipinski definition) is 2. The topological polar surface area (TPSA) is 49.7 Å². The molecule has 0 saturated heterocycles. The standard InChI is InChI=1S/C33H24O3/c34-25-12-14-27-23(18-25)10-16-29-32(27)31(22-8-6-21(7-9-22)20-4-2-1-3-5-20)33-28-15-13-26(35)19-24(28)11-17-30(33)36-29/h1-18,26,31,34-35H,19H2. The SMILES string of the molecule is Oc1ccc2c3c(ccc2c1)Oc1ccc2c(c1C3c1ccc(-c3ccccc3)cc1)C=CC(O)C2. The highest BCUT2D eigenvalue weighted by atomic mass is 16.5. The summed E-state index contributed by atoms with van der Waals surface area (Å²) < 4.78 is 6.49. The predicted molar refractivity (Wildman–Crippen MR) is 144 cm³/mol. The van der Waals surface area contributed by atoms with Gasteiger partial charge in [-0.3, -0.25) is 0 Å². The molecule has 5 aromatic rings. The van der Waals surface area contributed by atoms with E-state index in [1.54, 1.807) is 12.1 Å². The number of aromatic hydroxyl groups is 1. The van der Waals surface area contributed by atoms with Gasteiger partial charge in [-0.2, -0.15) is 0 Å². The lowest BCUT2D eigenvalue weighted by atomic mass is 9.76. The van der Waals surface area contributed by atoms with Crippen LogP contribution in [0.3, 0.4) is 0 Å². The molecular formula is C33H24O3. The first-order chi connectivity index (χ1) is 17.7. The van der Waals surface area contributed by atoms with Crippen LogP contribution in [-0.4, -0.2) is 16.3 Å². The summed E-state index contributed by atoms with van der Waals surface area (Å²) in [6.07, 6.45) is 4.03. The van der Waals surface area contributed by atoms with Gasteiger partial charge in [-0.25, -0.2) is 0 Å². The predicted octanol–water partition coefficient (Wildman–Crippen LogP) is 7.43. The molecule has 174 valence electrons. The third-order valence-electron chi connectivity index (χ3n) is 7.41. The van der Waals surface area contributed by atoms with Gasteiger partial charge < -0.3 is 14.9 Å². The van der Waals surface area contributed by atoms with Crippen LogP contribution in [0.1, 0.15) is 33.7 Å². The quantitative estimate of drug-likeness (QED) is 0.278. The second kappa shape index (κ2) is 8.11. The van der Waals surface area contributed by atoms with Crippen LogP contribution in [0.15, 0.2) is 103 Å². The molecule has 0 saturated carbocycles. The van der Waals surface area contributed by atoms with Crippen LogP contribution < -0.4 is 4.74 Å². The smallest absolute Gasteiger partial charge is 0.132 e. The van der Waals surface area contributed by atoms with Crippen LogP contribution in [0.25, 0.3) is 28.0 Å². The van der Waals surface area contributed by atoms with E-state index >= 15 is 0 Å². The molecule has 0 radical (unpaired) electrons. The maximum Gasteiger partial charge on any atom is 0.132 e. The monoisotopic (exact) mass is 468 g/mol. The van der Waals surface area contributed by atoms with E-state index in [1.165, 1.54) is 16.7 Å². The lowest BCUT2D eigenvalue weighted by molar-refractivity contribution is 0.223. The molecule has 0 aromatic heterocycles. The molecule has 7 rings (SSSR count). The lowest BCUT2D eigenvalue weighted by Crippen LogP contribution is -2.18. The lowest BCUT2D eigenvalue weighted by Gasteiger charge is -2.33. The summed E-state index contributed by atoms with van der Waals surface area (Å²) in [5.74, 6) is 1.87. The summed E-state index contributed by atoms with van der Waals surface area (Å²) in [5.41, 5.74) is 8.00. The summed E-state index contributed by atoms with van der Waals surface area (Å²) in [4.78, 5) is 0. The molecule has 0 bridgehead atoms. The Morgan fingerprint density at radius 3 is 2.31 bits per heavy atom. The van der Waals surface area contributed by atoms with Crippen molar-refractivity contribution in [3.63, 3.8) is 0 Å². The molecule has 0 fully saturated rings. The summed E-state index contributed by atoms with van der Waals surface area (Å²) in [7, 11) is 0. The summed E-state index contributed by atoms with van der Waals surface area (Å²) in [6.45, 7) is 0. The van der Waals surface area contributed by atoms with Gasteiger partial charge in [0.1, 0.15) is 17.2 Å². The second-order valence-corrected chi connectivity index (χ2v) is 9.59. The molecular weight excluding hydrogens is 444 g/mol. The van der Waals surface area contributed by atoms with E-state index in [0.29, 0.717) is 6.42 Å². The molecule has 3 heteroatoms. The van der Waals surface area contributed by atoms with Gasteiger partial charge in [0.2, 0.25) is 0 Å². The van der Waals surface area contributed by atoms with Crippen molar-refractivity contribution in [3.05, 3.63) is 131 Å². The highest BCUT2D eigenvalue weighted by Gasteiger charge is 2.34. The molecule has 3 nitrogen and oxygen atoms in total. The molecule has 1 heterocycles. The van der Waals surface area contributed by atoms with Gasteiger partial charge in [-0.05, 0) is 62.9 Å². The highest BCUT2D eigenvalue weighted by Crippen LogP contribution is 2.52. The molecule has 2 unspecified atom stereocenters. The minimum atomic E-state index is -0.472. The van der Waals surface area contributed by atoms with E-state index in [4.69, 9.17) is 4.74 Å². The number of aliphatic hydroxyl groups is 1. The fraction of sp³-hybridized carbons (Fsp3) is 0.0909. The van der Waals surface area contributed by atoms with E-state index in [2.05, 4.69) is 54.6 Å². The number of rotatable bonds is 2. The van der Waals surface area contributed by atoms with Crippen molar-refractivity contribution in [2.75, 3.05) is 0 Å². The fourth-order valence-electron chi connectivity index (χ4n) is 5.73. The zero-order valence-electron chi connectivity index (χ0n) is 19.6. The number of phenols is 1. The van der Waals surface area contributed by atoms with Crippen LogP contribution in [0.5, 0.6) is 17.2 Å². The molecule has 1 aliphatic carbocycles. The maximum absolute atomic E-state index is 10.3. The first kappa shape index (κ1) is 21.0. The number of aliphatic hydroxyl groups excluding tert-OH is 1. The zero-order valence-corrected chi connectivity index (χ0v) is 19.6. The Morgan fingerprint density at radius 2 is 1.47 bits per heavy atom. The van der Waals surface area contributed by atoms with Gasteiger partial charge >= 0.3 is 0 Å². The number of fused-ring (bicyclic) bond motifs is 6. The molecule has 0 spiro atoms. The number of phenolic OH excluding ortho intramolecular Hbond substituents is 1. The number of hydrogen-bond acceptors (Lipinski definition) is 3. The van der Waals surface area contributed by atoms with Crippen molar-refractivity contribution in [1.82, 2.24) is 0 Å². The summed E-state index contributed by atoms with van der Waals surface area (Å²) >= 11 is 0. The van der Waals surface area contributed by atoms with Gasteiger partial charge in [0.25, 0.3) is 0 Å². The summed E-state index contributed by atoms with van der Waals surface area (Å²) in [6, 6.07) is 32.8. The van der Waals surface area contributed by atoms with Crippen LogP contribution in [-0.2, 0) is 6.42 Å². The first-order valence-electron chi connectivity index (χ1n) is 12.3. The van der Waals surface area contributed by atoms with Gasteiger partial charge in [-0.15, -0.1) is 0 Å². The van der Waals surface area contributed by atoms with E-state index in [1.807, 2.05) is 42.5 Å². The van der Waals surface area contributed by atoms with E-state index in [-0.39, 0.29) is 11.7 Å². The van der Waals surface area contributed by atoms with Gasteiger partial charge in [-0.1, -0.05) is 84.9 Å². The van der Waals surface area contributed by atoms with Crippen LogP contribution in [0.4, 0.5) is 0 Å². The zero-order chi connectivity index (χ0) is 24.2. The first-order valence-corrected chi connectivity index (χ1v) is 12.3. The third kappa shape index (κ3) is 3.32. The van der Waals surface area contributed by atoms with Crippen molar-refractivity contribution in [1.29, 1.82) is 0 Å². The van der Waals surface area contributed by atoms with Crippen molar-refractivity contribution in [3.8, 4) is 28.4 Å². The third-order valence-corrected chi connectivity index (χ3v) is 7.41. The Hall–Kier alpha value is -4.34. The Labute approximate surface area is 209 Å². The summed E-state index contributed by atoms with van der Waals surface area (Å²) in [5, 5.41) is 22.4. The average molecular weight is 469 g/mol. The van der Waals surface area contributed by atoms with E-state index < -0.39 is 6.10 Å². The highest BCUT2D eigenvalue weighted by molar-refractivity contribution is 5.92. The number of benzene rings is 5. The minimum Gasteiger partial charge on any atom is -0.508 e. The van der Waals surface area contributed by atoms with Gasteiger partial charge in [0.15, 0.2) is 0 Å². The Kier molecular flexibility index (Phi) is 4.73. The minimum absolute atomic E-state index is 0.0586. The molecule has 36 heavy (non-hydrogen) atoms. The van der Waals surface area contributed by atoms with Gasteiger partial charge in [0.05, 0.1) is 6.10 Å². The molecule has 1 aliphatic heterocycles. The largest absolute Gasteiger partial charge is 0.508 e. The van der Waals surface area contributed by atoms with E-state index in [0.717, 1.165) is 44.5 Å². The second-order valence-electron chi connectivity index (χ2n) is 9.59. The number of ether oxygens (including phenoxy) is 1. The van der Waals surface area contributed by atoms with Crippen molar-refractivity contribution in [2.24, 2.45) is 0 Å². The van der Waals surface area contributed by atoms with Crippen LogP contribution in [0.2, 0.25) is 0 Å². The van der Waals surface area contributed by atoms with Crippen molar-refractivity contribution >= 4 is 16.8 Å². The van der Waals surface area contributed by atoms with E-state index in [9.17, 15) is 10.2 Å². The molecule has 5 aromatic carbocycles. The Bertz CT molecular complexity index is 1650. The van der Waals surface area contributed by atoms with Crippen LogP contribution in [0, 0.1) is 0 Å². The van der Waals surface area contributed by atoms with Crippen molar-refractivity contribution in [2.45, 2.75) is 18.4 Å². The molecule has 2 N–H and O–H groups in total. The Morgan fingerprint density at radius 1 is 0.722 bits per heavy atom. The fourth-order valence-corrected chi connectivity index (χ4v) is 5.73. The Balaban J connectivity index is 1.48.